The molecule has 5 aromatic heterocycles. The molecule has 0 saturated heterocycles. The normalized spacial score (nSPS) is 12.7. The van der Waals surface area contributed by atoms with E-state index in [2.05, 4.69) is 338 Å². The molecule has 1 aliphatic carbocycles. The lowest BCUT2D eigenvalue weighted by atomic mass is 9.82. The minimum Gasteiger partial charge on any atom is -0.135 e. The van der Waals surface area contributed by atoms with Crippen molar-refractivity contribution >= 4 is 222 Å². The molecule has 0 N–H and O–H groups in total. The van der Waals surface area contributed by atoms with E-state index in [1.54, 1.807) is 10.3 Å². The van der Waals surface area contributed by atoms with Crippen LogP contribution in [-0.2, 0) is 0 Å². The summed E-state index contributed by atoms with van der Waals surface area (Å²) in [5.41, 5.74) is 10.9. The quantitative estimate of drug-likeness (QED) is 0.151. The molecule has 22 aromatic rings. The number of hydrogen-bond donors (Lipinski definition) is 0. The standard InChI is InChI=1S/C23H22S.C23H16S.C21H14S.2C17H12S/c2*1-15-11-12-21-20(13-15)22-18-10-6-5-9-17(18)14-19(23(22)24-21)16-7-3-2-4-8-16;1-13-10-11-19-18(12-13)20-16-8-4-2-6-14(16)15-7-3-5-9-17(15)21(20)22-19;1-11-6-9-16-15(10-11)14-8-7-12-4-2-3-5-13(12)17(14)18-16;1-11-6-7-16-14(8-11)15-9-12-4-2-3-5-13(12)10-17(15)18-16/h5-6,9-14,16H,2-4,7-8H2,1H3;2-14H,1H3;2-12H,1H3;2*2-10H,1H3. The van der Waals surface area contributed by atoms with E-state index in [1.807, 2.05) is 56.7 Å². The van der Waals surface area contributed by atoms with Gasteiger partial charge in [0.05, 0.1) is 0 Å². The SMILES string of the molecule is Cc1ccc2sc3c(-c4ccccc4)cc4ccccc4c3c2c1.Cc1ccc2sc3c(C4CCCCC4)cc4ccccc4c3c2c1.Cc1ccc2sc3c4ccccc4c4ccccc4c3c2c1.Cc1ccc2sc3c4ccccc4ccc3c2c1.Cc1ccc2sc3cc4ccccc4cc3c2c1. The molecule has 1 fully saturated rings. The summed E-state index contributed by atoms with van der Waals surface area (Å²) in [6.07, 6.45) is 6.92. The molecule has 0 radical (unpaired) electrons. The van der Waals surface area contributed by atoms with Crippen molar-refractivity contribution in [3.8, 4) is 11.1 Å². The topological polar surface area (TPSA) is 0 Å². The van der Waals surface area contributed by atoms with Gasteiger partial charge in [0.1, 0.15) is 0 Å². The minimum absolute atomic E-state index is 0.750. The molecule has 23 rings (SSSR count). The van der Waals surface area contributed by atoms with Crippen molar-refractivity contribution in [2.24, 2.45) is 0 Å². The molecule has 0 atom stereocenters. The van der Waals surface area contributed by atoms with Crippen LogP contribution in [0.15, 0.2) is 303 Å². The Bertz CT molecular complexity index is 7170. The van der Waals surface area contributed by atoms with Gasteiger partial charge in [-0.05, 0) is 209 Å². The number of hydrogen-bond acceptors (Lipinski definition) is 5. The van der Waals surface area contributed by atoms with Crippen LogP contribution >= 0.6 is 56.7 Å². The van der Waals surface area contributed by atoms with Crippen LogP contribution in [0.2, 0.25) is 0 Å². The molecule has 5 heteroatoms. The zero-order valence-electron chi connectivity index (χ0n) is 60.0. The van der Waals surface area contributed by atoms with E-state index >= 15 is 0 Å². The second-order valence-electron chi connectivity index (χ2n) is 29.1. The summed E-state index contributed by atoms with van der Waals surface area (Å²) in [6.45, 7) is 10.9. The third kappa shape index (κ3) is 12.0. The first-order valence-electron chi connectivity index (χ1n) is 37.2. The van der Waals surface area contributed by atoms with Crippen molar-refractivity contribution in [1.82, 2.24) is 0 Å². The molecule has 0 nitrogen and oxygen atoms in total. The molecule has 5 heterocycles. The molecule has 1 saturated carbocycles. The molecule has 106 heavy (non-hydrogen) atoms. The fourth-order valence-corrected chi connectivity index (χ4v) is 22.9. The average Bonchev–Trinajstić information content (AvgIpc) is 1.54. The van der Waals surface area contributed by atoms with Gasteiger partial charge in [-0.3, -0.25) is 0 Å². The maximum Gasteiger partial charge on any atom is 0.0440 e. The van der Waals surface area contributed by atoms with Gasteiger partial charge in [0.15, 0.2) is 0 Å². The third-order valence-corrected chi connectivity index (χ3v) is 27.9. The number of aryl methyl sites for hydroxylation is 5. The lowest BCUT2D eigenvalue weighted by molar-refractivity contribution is 0.446. The Morgan fingerprint density at radius 2 is 0.604 bits per heavy atom. The first-order chi connectivity index (χ1) is 52.1. The van der Waals surface area contributed by atoms with E-state index in [0.29, 0.717) is 0 Å². The molecule has 0 unspecified atom stereocenters. The first-order valence-corrected chi connectivity index (χ1v) is 41.3. The van der Waals surface area contributed by atoms with Gasteiger partial charge < -0.3 is 0 Å². The largest absolute Gasteiger partial charge is 0.135 e. The number of thiophene rings is 5. The third-order valence-electron chi connectivity index (χ3n) is 21.9. The van der Waals surface area contributed by atoms with E-state index in [4.69, 9.17) is 0 Å². The van der Waals surface area contributed by atoms with Crippen LogP contribution < -0.4 is 0 Å². The van der Waals surface area contributed by atoms with Gasteiger partial charge in [-0.25, -0.2) is 0 Å². The Labute approximate surface area is 637 Å². The van der Waals surface area contributed by atoms with Gasteiger partial charge >= 0.3 is 0 Å². The summed E-state index contributed by atoms with van der Waals surface area (Å²) in [7, 11) is 0. The van der Waals surface area contributed by atoms with Crippen molar-refractivity contribution < 1.29 is 0 Å². The number of rotatable bonds is 2. The van der Waals surface area contributed by atoms with Crippen molar-refractivity contribution in [2.45, 2.75) is 72.6 Å². The summed E-state index contributed by atoms with van der Waals surface area (Å²) in [5.74, 6) is 0.750. The van der Waals surface area contributed by atoms with Crippen LogP contribution in [0, 0.1) is 34.6 Å². The van der Waals surface area contributed by atoms with E-state index in [9.17, 15) is 0 Å². The predicted octanol–water partition coefficient (Wildman–Crippen LogP) is 32.4. The van der Waals surface area contributed by atoms with Crippen LogP contribution in [0.4, 0.5) is 0 Å². The van der Waals surface area contributed by atoms with E-state index in [1.165, 1.54) is 232 Å². The Morgan fingerprint density at radius 1 is 0.217 bits per heavy atom. The first kappa shape index (κ1) is 66.1. The highest BCUT2D eigenvalue weighted by Gasteiger charge is 2.23. The summed E-state index contributed by atoms with van der Waals surface area (Å²) in [5, 5.41) is 30.4. The molecule has 1 aliphatic rings. The van der Waals surface area contributed by atoms with Crippen LogP contribution in [0.1, 0.15) is 71.4 Å². The van der Waals surface area contributed by atoms with E-state index in [0.717, 1.165) is 5.92 Å². The number of benzene rings is 17. The predicted molar refractivity (Wildman–Crippen MR) is 477 cm³/mol. The molecule has 0 aliphatic heterocycles. The smallest absolute Gasteiger partial charge is 0.0440 e. The highest BCUT2D eigenvalue weighted by Crippen LogP contribution is 2.49. The van der Waals surface area contributed by atoms with Crippen molar-refractivity contribution in [2.75, 3.05) is 0 Å². The molecule has 0 bridgehead atoms. The molecule has 17 aromatic carbocycles. The summed E-state index contributed by atoms with van der Waals surface area (Å²) in [6, 6.07) is 111. The molecule has 0 amide bonds. The molecular weight excluding hydrogens is 1370 g/mol. The molecule has 510 valence electrons. The fraction of sp³-hybridized carbons (Fsp3) is 0.109. The van der Waals surface area contributed by atoms with Gasteiger partial charge in [-0.1, -0.05) is 265 Å². The molecular formula is C101H76S5. The number of fused-ring (bicyclic) bond motifs is 27. The second kappa shape index (κ2) is 27.7. The van der Waals surface area contributed by atoms with Crippen molar-refractivity contribution in [3.63, 3.8) is 0 Å². The van der Waals surface area contributed by atoms with Crippen LogP contribution in [0.5, 0.6) is 0 Å². The average molecular weight is 1450 g/mol. The van der Waals surface area contributed by atoms with E-state index in [-0.39, 0.29) is 0 Å². The molecule has 0 spiro atoms. The highest BCUT2D eigenvalue weighted by atomic mass is 32.1. The monoisotopic (exact) mass is 1450 g/mol. The van der Waals surface area contributed by atoms with Gasteiger partial charge in [-0.15, -0.1) is 56.7 Å². The lowest BCUT2D eigenvalue weighted by Gasteiger charge is -2.23. The van der Waals surface area contributed by atoms with E-state index < -0.39 is 0 Å². The summed E-state index contributed by atoms with van der Waals surface area (Å²) < 4.78 is 14.1. The highest BCUT2D eigenvalue weighted by molar-refractivity contribution is 7.28. The van der Waals surface area contributed by atoms with Crippen LogP contribution in [0.25, 0.3) is 177 Å². The maximum atomic E-state index is 2.50. The van der Waals surface area contributed by atoms with Gasteiger partial charge in [0.25, 0.3) is 0 Å². The lowest BCUT2D eigenvalue weighted by Crippen LogP contribution is -2.04. The summed E-state index contributed by atoms with van der Waals surface area (Å²) >= 11 is 9.61. The van der Waals surface area contributed by atoms with Crippen LogP contribution in [-0.4, -0.2) is 0 Å². The van der Waals surface area contributed by atoms with Crippen molar-refractivity contribution in [3.05, 3.63) is 337 Å². The Balaban J connectivity index is 0.0000000911. The van der Waals surface area contributed by atoms with Gasteiger partial charge in [0, 0.05) is 112 Å². The maximum absolute atomic E-state index is 2.50. The summed E-state index contributed by atoms with van der Waals surface area (Å²) in [4.78, 5) is 0. The Hall–Kier alpha value is -10.6. The fourth-order valence-electron chi connectivity index (χ4n) is 16.8. The van der Waals surface area contributed by atoms with Crippen LogP contribution in [0.3, 0.4) is 0 Å². The Kier molecular flexibility index (Phi) is 17.3. The van der Waals surface area contributed by atoms with Gasteiger partial charge in [0.2, 0.25) is 0 Å². The second-order valence-corrected chi connectivity index (χ2v) is 34.4. The van der Waals surface area contributed by atoms with Gasteiger partial charge in [-0.2, -0.15) is 0 Å². The zero-order chi connectivity index (χ0) is 71.1. The zero-order valence-corrected chi connectivity index (χ0v) is 64.1. The Morgan fingerprint density at radius 3 is 1.20 bits per heavy atom. The van der Waals surface area contributed by atoms with Crippen molar-refractivity contribution in [1.29, 1.82) is 0 Å². The minimum atomic E-state index is 0.750.